The molecule has 2 heterocycles. The molecule has 2 aliphatic rings. The van der Waals surface area contributed by atoms with Crippen molar-refractivity contribution in [3.05, 3.63) is 82.4 Å². The Kier molecular flexibility index (Phi) is 5.85. The van der Waals surface area contributed by atoms with E-state index in [0.29, 0.717) is 21.6 Å². The predicted octanol–water partition coefficient (Wildman–Crippen LogP) is 5.76. The van der Waals surface area contributed by atoms with Crippen molar-refractivity contribution in [3.8, 4) is 11.5 Å². The van der Waals surface area contributed by atoms with Gasteiger partial charge in [0.15, 0.2) is 22.3 Å². The summed E-state index contributed by atoms with van der Waals surface area (Å²) in [4.78, 5) is 15.8. The number of nitrogens with zero attached hydrogens (tertiary/aromatic N) is 1. The number of nitrogens with one attached hydrogen (secondary N) is 2. The van der Waals surface area contributed by atoms with Gasteiger partial charge >= 0.3 is 0 Å². The summed E-state index contributed by atoms with van der Waals surface area (Å²) in [6.07, 6.45) is 0. The molecule has 35 heavy (non-hydrogen) atoms. The summed E-state index contributed by atoms with van der Waals surface area (Å²) in [5.74, 6) is 0.334. The largest absolute Gasteiger partial charge is 0.493 e. The maximum absolute atomic E-state index is 14.0. The molecular weight excluding hydrogens is 482 g/mol. The Hall–Kier alpha value is -3.29. The van der Waals surface area contributed by atoms with Crippen molar-refractivity contribution < 1.29 is 14.3 Å². The van der Waals surface area contributed by atoms with Crippen molar-refractivity contribution in [2.45, 2.75) is 32.5 Å². The van der Waals surface area contributed by atoms with E-state index in [1.165, 1.54) is 0 Å². The van der Waals surface area contributed by atoms with Crippen LogP contribution in [-0.4, -0.2) is 23.9 Å². The van der Waals surface area contributed by atoms with Crippen LogP contribution in [0.3, 0.4) is 0 Å². The van der Waals surface area contributed by atoms with E-state index in [1.807, 2.05) is 74.2 Å². The van der Waals surface area contributed by atoms with Gasteiger partial charge in [-0.05, 0) is 68.9 Å². The molecule has 3 aromatic rings. The number of aryl methyl sites for hydroxylation is 2. The second kappa shape index (κ2) is 8.73. The summed E-state index contributed by atoms with van der Waals surface area (Å²) in [7, 11) is 1.60. The summed E-state index contributed by atoms with van der Waals surface area (Å²) >= 11 is 12.1. The average molecular weight is 508 g/mol. The number of carbonyl (C=O) groups is 1. The molecule has 2 bridgehead atoms. The lowest BCUT2D eigenvalue weighted by Gasteiger charge is -2.56. The smallest absolute Gasteiger partial charge is 0.236 e. The Morgan fingerprint density at radius 3 is 2.66 bits per heavy atom. The third-order valence-electron chi connectivity index (χ3n) is 6.70. The topological polar surface area (TPSA) is 62.8 Å². The Balaban J connectivity index is 1.65. The number of rotatable bonds is 4. The third-order valence-corrected chi connectivity index (χ3v) is 7.23. The zero-order valence-electron chi connectivity index (χ0n) is 19.9. The van der Waals surface area contributed by atoms with Gasteiger partial charge in [0.1, 0.15) is 5.92 Å². The monoisotopic (exact) mass is 507 g/mol. The van der Waals surface area contributed by atoms with E-state index in [-0.39, 0.29) is 5.91 Å². The molecular formula is C27H26ClN3O3S. The van der Waals surface area contributed by atoms with E-state index >= 15 is 0 Å². The molecule has 1 amide bonds. The van der Waals surface area contributed by atoms with Crippen molar-refractivity contribution in [2.24, 2.45) is 5.92 Å². The molecule has 3 atom stereocenters. The van der Waals surface area contributed by atoms with Gasteiger partial charge < -0.3 is 20.1 Å². The molecule has 0 spiro atoms. The van der Waals surface area contributed by atoms with Crippen LogP contribution in [0.4, 0.5) is 11.4 Å². The number of hydrogen-bond donors (Lipinski definition) is 2. The lowest BCUT2D eigenvalue weighted by atomic mass is 9.78. The molecule has 0 aliphatic carbocycles. The summed E-state index contributed by atoms with van der Waals surface area (Å²) < 4.78 is 12.3. The number of anilines is 2. The minimum atomic E-state index is -1.16. The molecule has 8 heteroatoms. The van der Waals surface area contributed by atoms with Crippen LogP contribution in [0.15, 0.2) is 60.7 Å². The molecule has 3 aromatic carbocycles. The van der Waals surface area contributed by atoms with Crippen molar-refractivity contribution in [1.29, 1.82) is 0 Å². The number of carbonyl (C=O) groups excluding carboxylic acids is 1. The van der Waals surface area contributed by atoms with Crippen LogP contribution in [0.25, 0.3) is 0 Å². The van der Waals surface area contributed by atoms with E-state index in [4.69, 9.17) is 33.3 Å². The van der Waals surface area contributed by atoms with Crippen LogP contribution in [0.1, 0.15) is 29.7 Å². The molecule has 0 saturated carbocycles. The molecule has 1 saturated heterocycles. The van der Waals surface area contributed by atoms with Gasteiger partial charge in [-0.3, -0.25) is 9.69 Å². The second-order valence-corrected chi connectivity index (χ2v) is 9.89. The number of hydrogen-bond acceptors (Lipinski definition) is 4. The maximum Gasteiger partial charge on any atom is 0.236 e. The Labute approximate surface area is 215 Å². The number of benzene rings is 3. The number of ether oxygens (including phenoxy) is 2. The Bertz CT molecular complexity index is 1350. The van der Waals surface area contributed by atoms with E-state index in [1.54, 1.807) is 19.2 Å². The maximum atomic E-state index is 14.0. The van der Waals surface area contributed by atoms with Gasteiger partial charge in [-0.1, -0.05) is 47.5 Å². The number of thiocarbonyl (C=S) groups is 1. The number of para-hydroxylation sites is 1. The van der Waals surface area contributed by atoms with Gasteiger partial charge in [-0.15, -0.1) is 0 Å². The lowest BCUT2D eigenvalue weighted by Crippen LogP contribution is -2.72. The zero-order valence-corrected chi connectivity index (χ0v) is 21.5. The summed E-state index contributed by atoms with van der Waals surface area (Å²) in [5, 5.41) is 7.54. The third kappa shape index (κ3) is 3.89. The van der Waals surface area contributed by atoms with Gasteiger partial charge in [0.25, 0.3) is 0 Å². The van der Waals surface area contributed by atoms with Crippen LogP contribution in [-0.2, 0) is 4.79 Å². The fourth-order valence-corrected chi connectivity index (χ4v) is 5.70. The number of halogens is 1. The van der Waals surface area contributed by atoms with Crippen LogP contribution in [0.5, 0.6) is 11.5 Å². The Morgan fingerprint density at radius 2 is 1.94 bits per heavy atom. The molecule has 0 unspecified atom stereocenters. The van der Waals surface area contributed by atoms with Crippen molar-refractivity contribution in [3.63, 3.8) is 0 Å². The van der Waals surface area contributed by atoms with Crippen molar-refractivity contribution in [1.82, 2.24) is 5.32 Å². The van der Waals surface area contributed by atoms with Gasteiger partial charge in [0.2, 0.25) is 5.91 Å². The van der Waals surface area contributed by atoms with Crippen molar-refractivity contribution >= 4 is 46.2 Å². The van der Waals surface area contributed by atoms with Crippen LogP contribution in [0, 0.1) is 19.8 Å². The van der Waals surface area contributed by atoms with Crippen LogP contribution < -0.4 is 25.0 Å². The van der Waals surface area contributed by atoms with Gasteiger partial charge in [-0.2, -0.15) is 0 Å². The molecule has 0 radical (unpaired) electrons. The fourth-order valence-electron chi connectivity index (χ4n) is 5.10. The second-order valence-electron chi connectivity index (χ2n) is 9.06. The van der Waals surface area contributed by atoms with Gasteiger partial charge in [0, 0.05) is 22.0 Å². The standard InChI is InChI=1S/C27H26ClN3O3S/c1-15-11-12-20(16(2)13-15)29-25(32)22-23-19-9-6-10-21(33-4)24(19)34-27(22,3)31(26(35)30-23)18-8-5-7-17(28)14-18/h5-14,22-23H,1-4H3,(H,29,32)(H,30,35)/t22-,23-,27+/m1/s1. The molecule has 1 fully saturated rings. The van der Waals surface area contributed by atoms with E-state index in [0.717, 1.165) is 28.1 Å². The highest BCUT2D eigenvalue weighted by Gasteiger charge is 2.59. The van der Waals surface area contributed by atoms with Gasteiger partial charge in [-0.25, -0.2) is 0 Å². The summed E-state index contributed by atoms with van der Waals surface area (Å²) in [6.45, 7) is 5.89. The highest BCUT2D eigenvalue weighted by molar-refractivity contribution is 7.80. The molecule has 6 nitrogen and oxygen atoms in total. The fraction of sp³-hybridized carbons (Fsp3) is 0.259. The molecule has 180 valence electrons. The first-order chi connectivity index (χ1) is 16.7. The number of fused-ring (bicyclic) bond motifs is 4. The first-order valence-electron chi connectivity index (χ1n) is 11.3. The van der Waals surface area contributed by atoms with E-state index in [9.17, 15) is 4.79 Å². The molecule has 2 N–H and O–H groups in total. The minimum Gasteiger partial charge on any atom is -0.493 e. The van der Waals surface area contributed by atoms with Crippen molar-refractivity contribution in [2.75, 3.05) is 17.3 Å². The zero-order chi connectivity index (χ0) is 24.9. The SMILES string of the molecule is COc1cccc2c1O[C@@]1(C)[C@@H](C(=O)Nc3ccc(C)cc3C)[C@@H]2NC(=S)N1c1cccc(Cl)c1. The van der Waals surface area contributed by atoms with Gasteiger partial charge in [0.05, 0.1) is 13.2 Å². The van der Waals surface area contributed by atoms with E-state index < -0.39 is 17.7 Å². The molecule has 2 aliphatic heterocycles. The quantitative estimate of drug-likeness (QED) is 0.437. The lowest BCUT2D eigenvalue weighted by molar-refractivity contribution is -0.130. The molecule has 0 aromatic heterocycles. The first kappa shape index (κ1) is 23.5. The first-order valence-corrected chi connectivity index (χ1v) is 12.1. The summed E-state index contributed by atoms with van der Waals surface area (Å²) in [5.41, 5.74) is 3.25. The molecule has 5 rings (SSSR count). The normalized spacial score (nSPS) is 22.5. The van der Waals surface area contributed by atoms with Crippen LogP contribution >= 0.6 is 23.8 Å². The Morgan fingerprint density at radius 1 is 1.17 bits per heavy atom. The number of amides is 1. The van der Waals surface area contributed by atoms with Crippen LogP contribution in [0.2, 0.25) is 5.02 Å². The number of methoxy groups -OCH3 is 1. The highest BCUT2D eigenvalue weighted by Crippen LogP contribution is 2.52. The average Bonchev–Trinajstić information content (AvgIpc) is 2.80. The summed E-state index contributed by atoms with van der Waals surface area (Å²) in [6, 6.07) is 18.5. The minimum absolute atomic E-state index is 0.181. The van der Waals surface area contributed by atoms with E-state index in [2.05, 4.69) is 10.6 Å². The predicted molar refractivity (Wildman–Crippen MR) is 142 cm³/mol. The highest BCUT2D eigenvalue weighted by atomic mass is 35.5.